The maximum absolute atomic E-state index is 13.1. The number of rotatable bonds is 6. The summed E-state index contributed by atoms with van der Waals surface area (Å²) in [6.07, 6.45) is 13.4. The SMILES string of the molecule is CC(=O)N[C@@H]1CCC[C@H](C[C@@]2(CCC3CCCCC3)N=C(N)N(C)C2=O)C1. The van der Waals surface area contributed by atoms with Crippen LogP contribution in [0, 0.1) is 11.8 Å². The number of nitrogens with two attached hydrogens (primary N) is 1. The zero-order valence-electron chi connectivity index (χ0n) is 17.0. The molecule has 6 nitrogen and oxygen atoms in total. The molecule has 2 aliphatic carbocycles. The Bertz CT molecular complexity index is 585. The third kappa shape index (κ3) is 4.82. The standard InChI is InChI=1S/C21H36N4O2/c1-15(26)23-18-10-6-9-17(13-18)14-21(19(27)25(2)20(22)24-21)12-11-16-7-4-3-5-8-16/h16-18H,3-14H2,1-2H3,(H2,22,24)(H,23,26)/t17-,18+,21+/m0/s1. The number of likely N-dealkylation sites (N-methyl/N-ethyl adjacent to an activating group) is 1. The minimum absolute atomic E-state index is 0.0339. The van der Waals surface area contributed by atoms with Crippen molar-refractivity contribution in [3.05, 3.63) is 0 Å². The van der Waals surface area contributed by atoms with Crippen LogP contribution in [-0.4, -0.2) is 41.3 Å². The molecule has 0 aromatic rings. The molecule has 3 atom stereocenters. The van der Waals surface area contributed by atoms with E-state index in [1.165, 1.54) is 37.0 Å². The van der Waals surface area contributed by atoms with Gasteiger partial charge >= 0.3 is 0 Å². The first-order valence-electron chi connectivity index (χ1n) is 10.8. The van der Waals surface area contributed by atoms with Gasteiger partial charge in [-0.1, -0.05) is 44.9 Å². The highest BCUT2D eigenvalue weighted by molar-refractivity contribution is 6.06. The van der Waals surface area contributed by atoms with E-state index < -0.39 is 5.54 Å². The summed E-state index contributed by atoms with van der Waals surface area (Å²) in [7, 11) is 1.74. The molecule has 0 radical (unpaired) electrons. The summed E-state index contributed by atoms with van der Waals surface area (Å²) >= 11 is 0. The average molecular weight is 377 g/mol. The average Bonchev–Trinajstić information content (AvgIpc) is 2.85. The van der Waals surface area contributed by atoms with E-state index in [0.29, 0.717) is 11.9 Å². The number of aliphatic imine (C=N–C) groups is 1. The molecule has 3 rings (SSSR count). The van der Waals surface area contributed by atoms with Gasteiger partial charge in [-0.05, 0) is 43.9 Å². The van der Waals surface area contributed by atoms with Gasteiger partial charge in [0.05, 0.1) is 0 Å². The number of nitrogens with zero attached hydrogens (tertiary/aromatic N) is 2. The normalized spacial score (nSPS) is 32.4. The van der Waals surface area contributed by atoms with Crippen molar-refractivity contribution in [3.63, 3.8) is 0 Å². The van der Waals surface area contributed by atoms with Crippen LogP contribution in [0.2, 0.25) is 0 Å². The highest BCUT2D eigenvalue weighted by Gasteiger charge is 2.48. The van der Waals surface area contributed by atoms with E-state index in [-0.39, 0.29) is 17.9 Å². The minimum Gasteiger partial charge on any atom is -0.369 e. The molecule has 0 saturated heterocycles. The fraction of sp³-hybridized carbons (Fsp3) is 0.857. The zero-order chi connectivity index (χ0) is 19.4. The molecule has 0 aromatic heterocycles. The second-order valence-corrected chi connectivity index (χ2v) is 9.04. The largest absolute Gasteiger partial charge is 0.369 e. The lowest BCUT2D eigenvalue weighted by Gasteiger charge is -2.35. The molecule has 152 valence electrons. The van der Waals surface area contributed by atoms with Crippen LogP contribution in [0.15, 0.2) is 4.99 Å². The fourth-order valence-corrected chi connectivity index (χ4v) is 5.45. The van der Waals surface area contributed by atoms with Crippen molar-refractivity contribution in [2.24, 2.45) is 22.6 Å². The van der Waals surface area contributed by atoms with Crippen molar-refractivity contribution in [2.45, 2.75) is 95.6 Å². The number of hydrogen-bond acceptors (Lipinski definition) is 4. The van der Waals surface area contributed by atoms with Crippen LogP contribution in [0.5, 0.6) is 0 Å². The Morgan fingerprint density at radius 3 is 2.52 bits per heavy atom. The molecule has 0 unspecified atom stereocenters. The van der Waals surface area contributed by atoms with Crippen LogP contribution in [0.3, 0.4) is 0 Å². The van der Waals surface area contributed by atoms with Crippen molar-refractivity contribution in [3.8, 4) is 0 Å². The molecule has 1 aliphatic heterocycles. The van der Waals surface area contributed by atoms with Crippen molar-refractivity contribution in [1.29, 1.82) is 0 Å². The first kappa shape index (κ1) is 20.2. The van der Waals surface area contributed by atoms with Gasteiger partial charge in [0.1, 0.15) is 5.54 Å². The van der Waals surface area contributed by atoms with E-state index >= 15 is 0 Å². The lowest BCUT2D eigenvalue weighted by Crippen LogP contribution is -2.45. The lowest BCUT2D eigenvalue weighted by atomic mass is 9.74. The molecule has 3 N–H and O–H groups in total. The van der Waals surface area contributed by atoms with Crippen LogP contribution in [-0.2, 0) is 9.59 Å². The number of amides is 2. The minimum atomic E-state index is -0.681. The second-order valence-electron chi connectivity index (χ2n) is 9.04. The highest BCUT2D eigenvalue weighted by Crippen LogP contribution is 2.40. The molecule has 27 heavy (non-hydrogen) atoms. The number of hydrogen-bond donors (Lipinski definition) is 2. The van der Waals surface area contributed by atoms with Gasteiger partial charge in [0.15, 0.2) is 5.96 Å². The van der Waals surface area contributed by atoms with Gasteiger partial charge in [0.2, 0.25) is 5.91 Å². The van der Waals surface area contributed by atoms with E-state index in [1.54, 1.807) is 14.0 Å². The van der Waals surface area contributed by atoms with Crippen LogP contribution >= 0.6 is 0 Å². The summed E-state index contributed by atoms with van der Waals surface area (Å²) < 4.78 is 0. The highest BCUT2D eigenvalue weighted by atomic mass is 16.2. The second kappa shape index (κ2) is 8.61. The maximum atomic E-state index is 13.1. The topological polar surface area (TPSA) is 87.8 Å². The molecule has 2 fully saturated rings. The summed E-state index contributed by atoms with van der Waals surface area (Å²) in [6, 6.07) is 0.229. The fourth-order valence-electron chi connectivity index (χ4n) is 5.45. The molecular formula is C21H36N4O2. The van der Waals surface area contributed by atoms with Gasteiger partial charge in [0.25, 0.3) is 5.91 Å². The molecule has 0 bridgehead atoms. The molecule has 2 amide bonds. The summed E-state index contributed by atoms with van der Waals surface area (Å²) in [6.45, 7) is 1.58. The number of carbonyl (C=O) groups is 2. The Hall–Kier alpha value is -1.59. The van der Waals surface area contributed by atoms with Crippen molar-refractivity contribution < 1.29 is 9.59 Å². The van der Waals surface area contributed by atoms with E-state index in [4.69, 9.17) is 10.7 Å². The Kier molecular flexibility index (Phi) is 6.43. The first-order chi connectivity index (χ1) is 12.9. The Morgan fingerprint density at radius 1 is 1.19 bits per heavy atom. The predicted molar refractivity (Wildman–Crippen MR) is 107 cm³/mol. The van der Waals surface area contributed by atoms with Crippen LogP contribution < -0.4 is 11.1 Å². The zero-order valence-corrected chi connectivity index (χ0v) is 17.0. The Labute approximate surface area is 163 Å². The first-order valence-corrected chi connectivity index (χ1v) is 10.8. The smallest absolute Gasteiger partial charge is 0.257 e. The van der Waals surface area contributed by atoms with Gasteiger partial charge < -0.3 is 11.1 Å². The summed E-state index contributed by atoms with van der Waals surface area (Å²) in [5, 5.41) is 3.07. The van der Waals surface area contributed by atoms with E-state index in [0.717, 1.165) is 50.9 Å². The summed E-state index contributed by atoms with van der Waals surface area (Å²) in [5.74, 6) is 1.60. The quantitative estimate of drug-likeness (QED) is 0.747. The van der Waals surface area contributed by atoms with E-state index in [1.807, 2.05) is 0 Å². The summed E-state index contributed by atoms with van der Waals surface area (Å²) in [4.78, 5) is 30.8. The van der Waals surface area contributed by atoms with E-state index in [2.05, 4.69) is 5.32 Å². The number of guanidine groups is 1. The number of carbonyl (C=O) groups excluding carboxylic acids is 2. The maximum Gasteiger partial charge on any atom is 0.257 e. The van der Waals surface area contributed by atoms with Crippen LogP contribution in [0.4, 0.5) is 0 Å². The van der Waals surface area contributed by atoms with Gasteiger partial charge in [-0.3, -0.25) is 14.5 Å². The molecule has 6 heteroatoms. The summed E-state index contributed by atoms with van der Waals surface area (Å²) in [5.41, 5.74) is 5.37. The predicted octanol–water partition coefficient (Wildman–Crippen LogP) is 2.96. The molecule has 0 spiro atoms. The van der Waals surface area contributed by atoms with Crippen molar-refractivity contribution >= 4 is 17.8 Å². The molecule has 1 heterocycles. The molecule has 2 saturated carbocycles. The van der Waals surface area contributed by atoms with E-state index in [9.17, 15) is 9.59 Å². The monoisotopic (exact) mass is 376 g/mol. The van der Waals surface area contributed by atoms with Gasteiger partial charge in [0, 0.05) is 20.0 Å². The lowest BCUT2D eigenvalue weighted by molar-refractivity contribution is -0.131. The van der Waals surface area contributed by atoms with Gasteiger partial charge in [-0.15, -0.1) is 0 Å². The molecular weight excluding hydrogens is 340 g/mol. The molecule has 0 aromatic carbocycles. The van der Waals surface area contributed by atoms with Crippen molar-refractivity contribution in [1.82, 2.24) is 10.2 Å². The Morgan fingerprint density at radius 2 is 1.89 bits per heavy atom. The third-order valence-electron chi connectivity index (χ3n) is 6.88. The van der Waals surface area contributed by atoms with Gasteiger partial charge in [-0.2, -0.15) is 0 Å². The van der Waals surface area contributed by atoms with Gasteiger partial charge in [-0.25, -0.2) is 4.99 Å². The van der Waals surface area contributed by atoms with Crippen molar-refractivity contribution in [2.75, 3.05) is 7.05 Å². The van der Waals surface area contributed by atoms with Crippen LogP contribution in [0.25, 0.3) is 0 Å². The number of nitrogens with one attached hydrogen (secondary N) is 1. The third-order valence-corrected chi connectivity index (χ3v) is 6.88. The Balaban J connectivity index is 1.68. The van der Waals surface area contributed by atoms with Crippen LogP contribution in [0.1, 0.15) is 84.0 Å². The molecule has 3 aliphatic rings.